The standard InChI is InChI=1S/C13H22N2/c1-10(2)14-11(3)12-6-8-13(9-7-12)15(4)5/h6-11,14H,1-5H3. The van der Waals surface area contributed by atoms with Crippen LogP contribution < -0.4 is 10.2 Å². The average Bonchev–Trinajstić information content (AvgIpc) is 2.17. The Morgan fingerprint density at radius 2 is 1.53 bits per heavy atom. The first-order chi connectivity index (χ1) is 7.00. The van der Waals surface area contributed by atoms with Crippen molar-refractivity contribution >= 4 is 5.69 Å². The summed E-state index contributed by atoms with van der Waals surface area (Å²) in [6.07, 6.45) is 0. The van der Waals surface area contributed by atoms with Gasteiger partial charge in [-0.25, -0.2) is 0 Å². The quantitative estimate of drug-likeness (QED) is 0.815. The third-order valence-corrected chi connectivity index (χ3v) is 2.49. The zero-order chi connectivity index (χ0) is 11.4. The fourth-order valence-corrected chi connectivity index (χ4v) is 1.66. The second-order valence-corrected chi connectivity index (χ2v) is 4.53. The van der Waals surface area contributed by atoms with E-state index in [2.05, 4.69) is 69.3 Å². The molecule has 2 heteroatoms. The second-order valence-electron chi connectivity index (χ2n) is 4.53. The molecule has 1 rings (SSSR count). The van der Waals surface area contributed by atoms with E-state index in [0.717, 1.165) is 0 Å². The number of nitrogens with zero attached hydrogens (tertiary/aromatic N) is 1. The van der Waals surface area contributed by atoms with Crippen molar-refractivity contribution in [2.45, 2.75) is 32.9 Å². The molecule has 84 valence electrons. The van der Waals surface area contributed by atoms with Crippen LogP contribution >= 0.6 is 0 Å². The van der Waals surface area contributed by atoms with Crippen molar-refractivity contribution in [3.05, 3.63) is 29.8 Å². The molecule has 0 aliphatic rings. The molecule has 0 radical (unpaired) electrons. The van der Waals surface area contributed by atoms with Crippen molar-refractivity contribution in [2.24, 2.45) is 0 Å². The highest BCUT2D eigenvalue weighted by Gasteiger charge is 2.06. The SMILES string of the molecule is CC(C)NC(C)c1ccc(N(C)C)cc1. The molecule has 1 aromatic carbocycles. The van der Waals surface area contributed by atoms with E-state index in [1.54, 1.807) is 0 Å². The molecule has 1 unspecified atom stereocenters. The molecule has 1 atom stereocenters. The first-order valence-electron chi connectivity index (χ1n) is 5.54. The van der Waals surface area contributed by atoms with Gasteiger partial charge >= 0.3 is 0 Å². The van der Waals surface area contributed by atoms with E-state index in [1.807, 2.05) is 0 Å². The van der Waals surface area contributed by atoms with Crippen LogP contribution in [0.15, 0.2) is 24.3 Å². The van der Waals surface area contributed by atoms with Crippen LogP contribution in [0.5, 0.6) is 0 Å². The van der Waals surface area contributed by atoms with Crippen LogP contribution in [0.3, 0.4) is 0 Å². The maximum absolute atomic E-state index is 3.49. The molecule has 0 aliphatic heterocycles. The van der Waals surface area contributed by atoms with Crippen LogP contribution in [0.4, 0.5) is 5.69 Å². The Bertz CT molecular complexity index is 288. The Balaban J connectivity index is 2.71. The van der Waals surface area contributed by atoms with Crippen molar-refractivity contribution in [1.82, 2.24) is 5.32 Å². The number of hydrogen-bond acceptors (Lipinski definition) is 2. The summed E-state index contributed by atoms with van der Waals surface area (Å²) in [6, 6.07) is 9.64. The Hall–Kier alpha value is -1.02. The lowest BCUT2D eigenvalue weighted by Crippen LogP contribution is -2.26. The van der Waals surface area contributed by atoms with Crippen molar-refractivity contribution in [2.75, 3.05) is 19.0 Å². The van der Waals surface area contributed by atoms with Crippen molar-refractivity contribution in [3.8, 4) is 0 Å². The number of benzene rings is 1. The lowest BCUT2D eigenvalue weighted by molar-refractivity contribution is 0.506. The highest BCUT2D eigenvalue weighted by atomic mass is 15.1. The Morgan fingerprint density at radius 3 is 1.93 bits per heavy atom. The maximum atomic E-state index is 3.49. The molecule has 15 heavy (non-hydrogen) atoms. The monoisotopic (exact) mass is 206 g/mol. The maximum Gasteiger partial charge on any atom is 0.0361 e. The molecule has 1 N–H and O–H groups in total. The van der Waals surface area contributed by atoms with Crippen LogP contribution in [0.25, 0.3) is 0 Å². The lowest BCUT2D eigenvalue weighted by Gasteiger charge is -2.18. The number of hydrogen-bond donors (Lipinski definition) is 1. The Morgan fingerprint density at radius 1 is 1.00 bits per heavy atom. The largest absolute Gasteiger partial charge is 0.378 e. The minimum absolute atomic E-state index is 0.418. The molecule has 0 saturated heterocycles. The van der Waals surface area contributed by atoms with Crippen LogP contribution in [0, 0.1) is 0 Å². The number of nitrogens with one attached hydrogen (secondary N) is 1. The summed E-state index contributed by atoms with van der Waals surface area (Å²) in [4.78, 5) is 2.12. The van der Waals surface area contributed by atoms with Gasteiger partial charge in [-0.2, -0.15) is 0 Å². The number of rotatable bonds is 4. The van der Waals surface area contributed by atoms with Crippen LogP contribution in [0.1, 0.15) is 32.4 Å². The first kappa shape index (κ1) is 12.1. The van der Waals surface area contributed by atoms with Crippen LogP contribution in [0.2, 0.25) is 0 Å². The Labute approximate surface area is 93.3 Å². The van der Waals surface area contributed by atoms with Gasteiger partial charge in [-0.05, 0) is 24.6 Å². The Kier molecular flexibility index (Phi) is 4.15. The van der Waals surface area contributed by atoms with E-state index >= 15 is 0 Å². The third-order valence-electron chi connectivity index (χ3n) is 2.49. The van der Waals surface area contributed by atoms with Crippen molar-refractivity contribution in [1.29, 1.82) is 0 Å². The highest BCUT2D eigenvalue weighted by molar-refractivity contribution is 5.46. The van der Waals surface area contributed by atoms with Gasteiger partial charge in [0.2, 0.25) is 0 Å². The van der Waals surface area contributed by atoms with E-state index in [4.69, 9.17) is 0 Å². The van der Waals surface area contributed by atoms with Gasteiger partial charge in [-0.15, -0.1) is 0 Å². The van der Waals surface area contributed by atoms with Gasteiger partial charge in [0.05, 0.1) is 0 Å². The average molecular weight is 206 g/mol. The second kappa shape index (κ2) is 5.17. The van der Waals surface area contributed by atoms with Gasteiger partial charge in [-0.3, -0.25) is 0 Å². The molecular weight excluding hydrogens is 184 g/mol. The predicted molar refractivity (Wildman–Crippen MR) is 67.5 cm³/mol. The number of anilines is 1. The summed E-state index contributed by atoms with van der Waals surface area (Å²) in [7, 11) is 4.12. The molecule has 0 amide bonds. The van der Waals surface area contributed by atoms with Gasteiger partial charge < -0.3 is 10.2 Å². The van der Waals surface area contributed by atoms with E-state index in [0.29, 0.717) is 12.1 Å². The van der Waals surface area contributed by atoms with E-state index < -0.39 is 0 Å². The summed E-state index contributed by atoms with van der Waals surface area (Å²) < 4.78 is 0. The molecule has 0 fully saturated rings. The zero-order valence-corrected chi connectivity index (χ0v) is 10.4. The van der Waals surface area contributed by atoms with E-state index in [1.165, 1.54) is 11.3 Å². The van der Waals surface area contributed by atoms with Gasteiger partial charge in [0.1, 0.15) is 0 Å². The van der Waals surface area contributed by atoms with Gasteiger partial charge in [0, 0.05) is 31.9 Å². The molecule has 0 spiro atoms. The molecule has 0 bridgehead atoms. The van der Waals surface area contributed by atoms with Crippen molar-refractivity contribution in [3.63, 3.8) is 0 Å². The van der Waals surface area contributed by atoms with E-state index in [9.17, 15) is 0 Å². The minimum Gasteiger partial charge on any atom is -0.378 e. The molecule has 0 saturated carbocycles. The summed E-state index contributed by atoms with van der Waals surface area (Å²) in [5.41, 5.74) is 2.59. The molecule has 2 nitrogen and oxygen atoms in total. The summed E-state index contributed by atoms with van der Waals surface area (Å²) in [5, 5.41) is 3.49. The normalized spacial score (nSPS) is 12.9. The highest BCUT2D eigenvalue weighted by Crippen LogP contribution is 2.17. The van der Waals surface area contributed by atoms with Gasteiger partial charge in [-0.1, -0.05) is 26.0 Å². The molecule has 0 aliphatic carbocycles. The van der Waals surface area contributed by atoms with E-state index in [-0.39, 0.29) is 0 Å². The zero-order valence-electron chi connectivity index (χ0n) is 10.4. The molecular formula is C13H22N2. The first-order valence-corrected chi connectivity index (χ1v) is 5.54. The summed E-state index contributed by atoms with van der Waals surface area (Å²) >= 11 is 0. The molecule has 1 aromatic rings. The molecule has 0 aromatic heterocycles. The molecule has 0 heterocycles. The van der Waals surface area contributed by atoms with Gasteiger partial charge in [0.15, 0.2) is 0 Å². The van der Waals surface area contributed by atoms with Gasteiger partial charge in [0.25, 0.3) is 0 Å². The fraction of sp³-hybridized carbons (Fsp3) is 0.538. The smallest absolute Gasteiger partial charge is 0.0361 e. The third kappa shape index (κ3) is 3.56. The fourth-order valence-electron chi connectivity index (χ4n) is 1.66. The lowest BCUT2D eigenvalue weighted by atomic mass is 10.1. The predicted octanol–water partition coefficient (Wildman–Crippen LogP) is 2.81. The topological polar surface area (TPSA) is 15.3 Å². The van der Waals surface area contributed by atoms with Crippen molar-refractivity contribution < 1.29 is 0 Å². The van der Waals surface area contributed by atoms with Crippen LogP contribution in [-0.2, 0) is 0 Å². The summed E-state index contributed by atoms with van der Waals surface area (Å²) in [6.45, 7) is 6.54. The van der Waals surface area contributed by atoms with Crippen LogP contribution in [-0.4, -0.2) is 20.1 Å². The minimum atomic E-state index is 0.418. The summed E-state index contributed by atoms with van der Waals surface area (Å²) in [5.74, 6) is 0.